The lowest BCUT2D eigenvalue weighted by atomic mass is 10.0. The fourth-order valence-electron chi connectivity index (χ4n) is 3.60. The van der Waals surface area contributed by atoms with Gasteiger partial charge in [-0.25, -0.2) is 4.79 Å². The number of rotatable bonds is 8. The second kappa shape index (κ2) is 9.33. The van der Waals surface area contributed by atoms with E-state index in [-0.39, 0.29) is 23.9 Å². The van der Waals surface area contributed by atoms with Crippen LogP contribution in [0.3, 0.4) is 0 Å². The second-order valence-corrected chi connectivity index (χ2v) is 7.00. The number of likely N-dealkylation sites (tertiary alicyclic amines) is 1. The molecule has 1 heterocycles. The Labute approximate surface area is 160 Å². The minimum absolute atomic E-state index is 0.0495. The Balaban J connectivity index is 1.63. The van der Waals surface area contributed by atoms with Crippen LogP contribution in [0.4, 0.5) is 0 Å². The number of amides is 1. The first-order chi connectivity index (χ1) is 13.1. The quantitative estimate of drug-likeness (QED) is 0.752. The molecule has 1 unspecified atom stereocenters. The highest BCUT2D eigenvalue weighted by atomic mass is 16.4. The van der Waals surface area contributed by atoms with Crippen LogP contribution in [0.15, 0.2) is 54.6 Å². The van der Waals surface area contributed by atoms with Crippen molar-refractivity contribution in [2.24, 2.45) is 0 Å². The molecule has 5 heteroatoms. The van der Waals surface area contributed by atoms with Gasteiger partial charge in [0.1, 0.15) is 0 Å². The van der Waals surface area contributed by atoms with Crippen LogP contribution in [0.1, 0.15) is 46.8 Å². The normalized spacial score (nSPS) is 15.4. The summed E-state index contributed by atoms with van der Waals surface area (Å²) in [5, 5.41) is 12.4. The van der Waals surface area contributed by atoms with Crippen molar-refractivity contribution >= 4 is 11.9 Å². The molecule has 0 bridgehead atoms. The Morgan fingerprint density at radius 3 is 2.37 bits per heavy atom. The van der Waals surface area contributed by atoms with Crippen LogP contribution < -0.4 is 5.32 Å². The van der Waals surface area contributed by atoms with Crippen LogP contribution in [0.2, 0.25) is 0 Å². The third-order valence-corrected chi connectivity index (χ3v) is 5.05. The number of aromatic carboxylic acids is 1. The Morgan fingerprint density at radius 1 is 1.00 bits per heavy atom. The van der Waals surface area contributed by atoms with Gasteiger partial charge in [-0.05, 0) is 49.5 Å². The van der Waals surface area contributed by atoms with Gasteiger partial charge in [-0.1, -0.05) is 48.5 Å². The van der Waals surface area contributed by atoms with Crippen LogP contribution in [-0.2, 0) is 11.2 Å². The summed E-state index contributed by atoms with van der Waals surface area (Å²) in [5.41, 5.74) is 2.06. The summed E-state index contributed by atoms with van der Waals surface area (Å²) in [6.45, 7) is 2.96. The molecule has 0 saturated carbocycles. The number of carboxylic acids is 1. The molecular weight excluding hydrogens is 340 g/mol. The van der Waals surface area contributed by atoms with Gasteiger partial charge in [0.25, 0.3) is 0 Å². The lowest BCUT2D eigenvalue weighted by Gasteiger charge is -2.25. The fourth-order valence-corrected chi connectivity index (χ4v) is 3.60. The smallest absolute Gasteiger partial charge is 0.335 e. The molecule has 0 aromatic heterocycles. The van der Waals surface area contributed by atoms with Gasteiger partial charge >= 0.3 is 5.97 Å². The molecule has 1 fully saturated rings. The van der Waals surface area contributed by atoms with E-state index in [4.69, 9.17) is 0 Å². The summed E-state index contributed by atoms with van der Waals surface area (Å²) in [6.07, 6.45) is 3.11. The van der Waals surface area contributed by atoms with Crippen LogP contribution in [-0.4, -0.2) is 41.5 Å². The number of aryl methyl sites for hydroxylation is 1. The number of benzene rings is 2. The van der Waals surface area contributed by atoms with Crippen molar-refractivity contribution in [1.82, 2.24) is 10.2 Å². The van der Waals surface area contributed by atoms with Gasteiger partial charge < -0.3 is 15.3 Å². The van der Waals surface area contributed by atoms with Crippen LogP contribution >= 0.6 is 0 Å². The Bertz CT molecular complexity index is 770. The molecule has 1 aliphatic heterocycles. The number of carbonyl (C=O) groups is 2. The minimum atomic E-state index is -0.956. The highest BCUT2D eigenvalue weighted by molar-refractivity contribution is 5.89. The number of carboxylic acid groups (broad SMARTS) is 1. The molecule has 3 rings (SSSR count). The first-order valence-electron chi connectivity index (χ1n) is 9.51. The van der Waals surface area contributed by atoms with E-state index >= 15 is 0 Å². The number of carbonyl (C=O) groups excluding carboxylic acids is 1. The summed E-state index contributed by atoms with van der Waals surface area (Å²) in [4.78, 5) is 26.3. The molecular formula is C22H26N2O3. The van der Waals surface area contributed by atoms with E-state index in [0.717, 1.165) is 25.2 Å². The first-order valence-corrected chi connectivity index (χ1v) is 9.51. The van der Waals surface area contributed by atoms with E-state index in [2.05, 4.69) is 10.2 Å². The lowest BCUT2D eigenvalue weighted by molar-refractivity contribution is -0.121. The van der Waals surface area contributed by atoms with Crippen molar-refractivity contribution in [3.63, 3.8) is 0 Å². The van der Waals surface area contributed by atoms with E-state index in [1.807, 2.05) is 30.3 Å². The predicted molar refractivity (Wildman–Crippen MR) is 105 cm³/mol. The molecule has 1 aliphatic rings. The van der Waals surface area contributed by atoms with Crippen molar-refractivity contribution in [3.8, 4) is 0 Å². The maximum atomic E-state index is 12.6. The molecule has 1 saturated heterocycles. The lowest BCUT2D eigenvalue weighted by Crippen LogP contribution is -2.37. The zero-order valence-electron chi connectivity index (χ0n) is 15.4. The first kappa shape index (κ1) is 19.1. The van der Waals surface area contributed by atoms with E-state index in [1.165, 1.54) is 12.8 Å². The van der Waals surface area contributed by atoms with Gasteiger partial charge in [-0.3, -0.25) is 4.79 Å². The molecule has 0 spiro atoms. The van der Waals surface area contributed by atoms with Gasteiger partial charge in [0, 0.05) is 13.0 Å². The van der Waals surface area contributed by atoms with Gasteiger partial charge in [0.05, 0.1) is 11.6 Å². The number of hydrogen-bond donors (Lipinski definition) is 2. The van der Waals surface area contributed by atoms with E-state index in [1.54, 1.807) is 24.3 Å². The number of hydrogen-bond acceptors (Lipinski definition) is 3. The molecule has 27 heavy (non-hydrogen) atoms. The summed E-state index contributed by atoms with van der Waals surface area (Å²) < 4.78 is 0. The fraction of sp³-hybridized carbons (Fsp3) is 0.364. The van der Waals surface area contributed by atoms with E-state index < -0.39 is 5.97 Å². The monoisotopic (exact) mass is 366 g/mol. The molecule has 2 N–H and O–H groups in total. The van der Waals surface area contributed by atoms with Crippen LogP contribution in [0.25, 0.3) is 0 Å². The van der Waals surface area contributed by atoms with Gasteiger partial charge in [0.2, 0.25) is 5.91 Å². The average Bonchev–Trinajstić information content (AvgIpc) is 3.20. The van der Waals surface area contributed by atoms with Gasteiger partial charge in [-0.15, -0.1) is 0 Å². The Hall–Kier alpha value is -2.66. The highest BCUT2D eigenvalue weighted by Crippen LogP contribution is 2.18. The van der Waals surface area contributed by atoms with Crippen molar-refractivity contribution < 1.29 is 14.7 Å². The van der Waals surface area contributed by atoms with Crippen molar-refractivity contribution in [2.45, 2.75) is 31.7 Å². The molecule has 0 radical (unpaired) electrons. The summed E-state index contributed by atoms with van der Waals surface area (Å²) in [6, 6.07) is 16.8. The molecule has 5 nitrogen and oxygen atoms in total. The maximum Gasteiger partial charge on any atom is 0.335 e. The zero-order chi connectivity index (χ0) is 19.1. The molecule has 1 amide bonds. The maximum absolute atomic E-state index is 12.6. The van der Waals surface area contributed by atoms with Crippen molar-refractivity contribution in [1.29, 1.82) is 0 Å². The third-order valence-electron chi connectivity index (χ3n) is 5.05. The van der Waals surface area contributed by atoms with Crippen LogP contribution in [0.5, 0.6) is 0 Å². The summed E-state index contributed by atoms with van der Waals surface area (Å²) >= 11 is 0. The predicted octanol–water partition coefficient (Wildman–Crippen LogP) is 3.27. The summed E-state index contributed by atoms with van der Waals surface area (Å²) in [5.74, 6) is -1.01. The molecule has 2 aromatic carbocycles. The molecule has 2 aromatic rings. The second-order valence-electron chi connectivity index (χ2n) is 7.00. The zero-order valence-corrected chi connectivity index (χ0v) is 15.4. The van der Waals surface area contributed by atoms with Crippen LogP contribution in [0, 0.1) is 0 Å². The molecule has 1 atom stereocenters. The summed E-state index contributed by atoms with van der Waals surface area (Å²) in [7, 11) is 0. The molecule has 142 valence electrons. The standard InChI is InChI=1S/C22H26N2O3/c25-21(13-12-17-8-4-5-11-19(17)22(26)27)23-20(16-24-14-6-7-15-24)18-9-2-1-3-10-18/h1-5,8-11,20H,6-7,12-16H2,(H,23,25)(H,26,27). The Kier molecular flexibility index (Phi) is 6.60. The van der Waals surface area contributed by atoms with E-state index in [9.17, 15) is 14.7 Å². The van der Waals surface area contributed by atoms with Gasteiger partial charge in [-0.2, -0.15) is 0 Å². The van der Waals surface area contributed by atoms with E-state index in [0.29, 0.717) is 12.0 Å². The topological polar surface area (TPSA) is 69.6 Å². The van der Waals surface area contributed by atoms with Crippen molar-refractivity contribution in [3.05, 3.63) is 71.3 Å². The molecule has 0 aliphatic carbocycles. The number of nitrogens with zero attached hydrogens (tertiary/aromatic N) is 1. The number of nitrogens with one attached hydrogen (secondary N) is 1. The third kappa shape index (κ3) is 5.41. The van der Waals surface area contributed by atoms with Crippen molar-refractivity contribution in [2.75, 3.05) is 19.6 Å². The minimum Gasteiger partial charge on any atom is -0.478 e. The average molecular weight is 366 g/mol. The van der Waals surface area contributed by atoms with Gasteiger partial charge in [0.15, 0.2) is 0 Å². The Morgan fingerprint density at radius 2 is 1.67 bits per heavy atom. The largest absolute Gasteiger partial charge is 0.478 e. The highest BCUT2D eigenvalue weighted by Gasteiger charge is 2.21. The SMILES string of the molecule is O=C(CCc1ccccc1C(=O)O)NC(CN1CCCC1)c1ccccc1.